The number of urea groups is 1. The maximum atomic E-state index is 13.1. The molecule has 9 heteroatoms. The van der Waals surface area contributed by atoms with Crippen molar-refractivity contribution in [3.05, 3.63) is 56.0 Å². The smallest absolute Gasteiger partial charge is 0.325 e. The number of hydrogen-bond acceptors (Lipinski definition) is 4. The van der Waals surface area contributed by atoms with Crippen LogP contribution >= 0.6 is 39.1 Å². The molecule has 1 N–H and O–H groups in total. The van der Waals surface area contributed by atoms with Gasteiger partial charge in [0.25, 0.3) is 5.91 Å². The summed E-state index contributed by atoms with van der Waals surface area (Å²) in [5, 5.41) is 3.42. The molecular weight excluding hydrogens is 471 g/mol. The normalized spacial score (nSPS) is 19.0. The van der Waals surface area contributed by atoms with E-state index in [9.17, 15) is 9.59 Å². The number of nitrogens with one attached hydrogen (secondary N) is 1. The van der Waals surface area contributed by atoms with Crippen molar-refractivity contribution in [3.8, 4) is 11.5 Å². The van der Waals surface area contributed by atoms with Gasteiger partial charge in [0.2, 0.25) is 0 Å². The minimum Gasteiger partial charge on any atom is -0.496 e. The second kappa shape index (κ2) is 7.81. The first-order valence-electron chi connectivity index (χ1n) is 8.21. The molecule has 0 spiro atoms. The molecule has 0 aliphatic carbocycles. The van der Waals surface area contributed by atoms with Gasteiger partial charge in [-0.3, -0.25) is 9.69 Å². The Morgan fingerprint density at radius 2 is 1.75 bits per heavy atom. The van der Waals surface area contributed by atoms with Crippen molar-refractivity contribution in [2.75, 3.05) is 14.2 Å². The maximum absolute atomic E-state index is 13.1. The number of rotatable bonds is 5. The van der Waals surface area contributed by atoms with Crippen molar-refractivity contribution in [2.45, 2.75) is 19.0 Å². The number of ether oxygens (including phenoxy) is 2. The van der Waals surface area contributed by atoms with E-state index in [-0.39, 0.29) is 6.54 Å². The molecule has 28 heavy (non-hydrogen) atoms. The zero-order valence-electron chi connectivity index (χ0n) is 15.3. The Morgan fingerprint density at radius 1 is 1.07 bits per heavy atom. The summed E-state index contributed by atoms with van der Waals surface area (Å²) in [5.41, 5.74) is -0.0783. The van der Waals surface area contributed by atoms with Gasteiger partial charge in [0.1, 0.15) is 17.0 Å². The highest BCUT2D eigenvalue weighted by atomic mass is 79.9. The Labute approximate surface area is 180 Å². The van der Waals surface area contributed by atoms with Crippen LogP contribution in [0, 0.1) is 0 Å². The van der Waals surface area contributed by atoms with E-state index in [4.69, 9.17) is 32.7 Å². The summed E-state index contributed by atoms with van der Waals surface area (Å²) < 4.78 is 11.4. The van der Waals surface area contributed by atoms with Crippen LogP contribution in [0.25, 0.3) is 0 Å². The van der Waals surface area contributed by atoms with Gasteiger partial charge in [-0.15, -0.1) is 0 Å². The number of amides is 3. The van der Waals surface area contributed by atoms with Crippen LogP contribution in [0.4, 0.5) is 4.79 Å². The Bertz CT molecular complexity index is 969. The second-order valence-corrected chi connectivity index (χ2v) is 8.04. The van der Waals surface area contributed by atoms with Crippen LogP contribution in [-0.4, -0.2) is 31.1 Å². The highest BCUT2D eigenvalue weighted by Gasteiger charge is 2.49. The average Bonchev–Trinajstić information content (AvgIpc) is 2.88. The third kappa shape index (κ3) is 3.54. The van der Waals surface area contributed by atoms with Crippen LogP contribution < -0.4 is 14.8 Å². The molecule has 0 saturated carbocycles. The molecule has 0 radical (unpaired) electrons. The molecule has 2 aromatic carbocycles. The lowest BCUT2D eigenvalue weighted by Crippen LogP contribution is -2.40. The lowest BCUT2D eigenvalue weighted by molar-refractivity contribution is -0.131. The summed E-state index contributed by atoms with van der Waals surface area (Å²) >= 11 is 15.4. The van der Waals surface area contributed by atoms with E-state index in [1.54, 1.807) is 37.3 Å². The minimum atomic E-state index is -1.25. The Hall–Kier alpha value is -1.96. The first-order chi connectivity index (χ1) is 13.2. The van der Waals surface area contributed by atoms with Gasteiger partial charge in [-0.25, -0.2) is 4.79 Å². The molecule has 1 unspecified atom stereocenters. The van der Waals surface area contributed by atoms with E-state index >= 15 is 0 Å². The molecule has 6 nitrogen and oxygen atoms in total. The summed E-state index contributed by atoms with van der Waals surface area (Å²) in [6.45, 7) is 1.65. The molecule has 2 aromatic rings. The largest absolute Gasteiger partial charge is 0.496 e. The molecule has 1 aliphatic rings. The SMILES string of the molecule is COc1cc(CN2C(=O)NC(C)(c3ccc(Cl)c(Cl)c3)C2=O)c(OC)cc1Br. The van der Waals surface area contributed by atoms with Crippen molar-refractivity contribution in [1.82, 2.24) is 10.2 Å². The van der Waals surface area contributed by atoms with Gasteiger partial charge in [-0.1, -0.05) is 29.3 Å². The van der Waals surface area contributed by atoms with Gasteiger partial charge >= 0.3 is 6.03 Å². The maximum Gasteiger partial charge on any atom is 0.325 e. The minimum absolute atomic E-state index is 0.0222. The zero-order valence-corrected chi connectivity index (χ0v) is 18.4. The van der Waals surface area contributed by atoms with Gasteiger partial charge in [-0.05, 0) is 52.7 Å². The topological polar surface area (TPSA) is 67.9 Å². The Kier molecular flexibility index (Phi) is 5.79. The van der Waals surface area contributed by atoms with Crippen LogP contribution in [0.15, 0.2) is 34.8 Å². The van der Waals surface area contributed by atoms with Crippen molar-refractivity contribution in [3.63, 3.8) is 0 Å². The van der Waals surface area contributed by atoms with Gasteiger partial charge in [0.05, 0.1) is 35.3 Å². The fraction of sp³-hybridized carbons (Fsp3) is 0.263. The van der Waals surface area contributed by atoms with Gasteiger partial charge in [-0.2, -0.15) is 0 Å². The van der Waals surface area contributed by atoms with Crippen molar-refractivity contribution < 1.29 is 19.1 Å². The standard InChI is InChI=1S/C19H17BrCl2N2O4/c1-19(11-4-5-13(21)14(22)7-11)17(25)24(18(26)23-19)9-10-6-16(28-3)12(20)8-15(10)27-2/h4-8H,9H2,1-3H3,(H,23,26). The van der Waals surface area contributed by atoms with Crippen LogP contribution in [0.2, 0.25) is 10.0 Å². The molecule has 3 rings (SSSR count). The molecule has 1 saturated heterocycles. The predicted molar refractivity (Wildman–Crippen MR) is 110 cm³/mol. The Balaban J connectivity index is 1.96. The van der Waals surface area contributed by atoms with Crippen molar-refractivity contribution >= 4 is 51.1 Å². The average molecular weight is 488 g/mol. The van der Waals surface area contributed by atoms with E-state index in [1.807, 2.05) is 0 Å². The number of nitrogens with zero attached hydrogens (tertiary/aromatic N) is 1. The van der Waals surface area contributed by atoms with Gasteiger partial charge < -0.3 is 14.8 Å². The van der Waals surface area contributed by atoms with Crippen molar-refractivity contribution in [2.24, 2.45) is 0 Å². The molecule has 148 valence electrons. The monoisotopic (exact) mass is 486 g/mol. The van der Waals surface area contributed by atoms with Crippen LogP contribution in [0.1, 0.15) is 18.1 Å². The van der Waals surface area contributed by atoms with Crippen molar-refractivity contribution in [1.29, 1.82) is 0 Å². The highest BCUT2D eigenvalue weighted by molar-refractivity contribution is 9.10. The number of methoxy groups -OCH3 is 2. The number of carbonyl (C=O) groups is 2. The summed E-state index contributed by atoms with van der Waals surface area (Å²) in [5.74, 6) is 0.686. The van der Waals surface area contributed by atoms with Crippen LogP contribution in [0.5, 0.6) is 11.5 Å². The fourth-order valence-electron chi connectivity index (χ4n) is 3.06. The first kappa shape index (κ1) is 20.8. The molecular formula is C19H17BrCl2N2O4. The summed E-state index contributed by atoms with van der Waals surface area (Å²) in [6.07, 6.45) is 0. The third-order valence-electron chi connectivity index (χ3n) is 4.66. The van der Waals surface area contributed by atoms with E-state index in [1.165, 1.54) is 14.2 Å². The predicted octanol–water partition coefficient (Wildman–Crippen LogP) is 4.74. The molecule has 1 fully saturated rings. The van der Waals surface area contributed by atoms with Crippen LogP contribution in [-0.2, 0) is 16.9 Å². The third-order valence-corrected chi connectivity index (χ3v) is 6.01. The highest BCUT2D eigenvalue weighted by Crippen LogP contribution is 2.37. The molecule has 0 aromatic heterocycles. The number of imide groups is 1. The lowest BCUT2D eigenvalue weighted by atomic mass is 9.92. The quantitative estimate of drug-likeness (QED) is 0.618. The number of hydrogen-bond donors (Lipinski definition) is 1. The first-order valence-corrected chi connectivity index (χ1v) is 9.76. The fourth-order valence-corrected chi connectivity index (χ4v) is 3.84. The van der Waals surface area contributed by atoms with E-state index in [0.29, 0.717) is 37.1 Å². The van der Waals surface area contributed by atoms with Gasteiger partial charge in [0.15, 0.2) is 0 Å². The summed E-state index contributed by atoms with van der Waals surface area (Å²) in [4.78, 5) is 26.9. The summed E-state index contributed by atoms with van der Waals surface area (Å²) in [7, 11) is 3.05. The second-order valence-electron chi connectivity index (χ2n) is 6.37. The lowest BCUT2D eigenvalue weighted by Gasteiger charge is -2.23. The van der Waals surface area contributed by atoms with E-state index in [2.05, 4.69) is 21.2 Å². The molecule has 1 atom stereocenters. The van der Waals surface area contributed by atoms with E-state index < -0.39 is 17.5 Å². The summed E-state index contributed by atoms with van der Waals surface area (Å²) in [6, 6.07) is 7.77. The molecule has 1 heterocycles. The number of carbonyl (C=O) groups excluding carboxylic acids is 2. The molecule has 1 aliphatic heterocycles. The molecule has 3 amide bonds. The number of benzene rings is 2. The van der Waals surface area contributed by atoms with E-state index in [0.717, 1.165) is 4.90 Å². The molecule has 0 bridgehead atoms. The van der Waals surface area contributed by atoms with Gasteiger partial charge in [0, 0.05) is 5.56 Å². The van der Waals surface area contributed by atoms with Crippen LogP contribution in [0.3, 0.4) is 0 Å². The zero-order chi connectivity index (χ0) is 20.6. The number of halogens is 3. The Morgan fingerprint density at radius 3 is 2.36 bits per heavy atom.